The minimum absolute atomic E-state index is 0.485. The number of rotatable bonds is 9. The Hall–Kier alpha value is -12.2. The quantitative estimate of drug-likeness (QED) is 0.133. The van der Waals surface area contributed by atoms with Crippen molar-refractivity contribution in [3.05, 3.63) is 316 Å². The first-order valence-corrected chi connectivity index (χ1v) is 37.2. The zero-order chi connectivity index (χ0) is 76.4. The van der Waals surface area contributed by atoms with Crippen molar-refractivity contribution in [3.8, 4) is 90.3 Å². The lowest BCUT2D eigenvalue weighted by molar-refractivity contribution is -0.658. The molecule has 0 aliphatic heterocycles. The molecule has 0 radical (unpaired) electrons. The van der Waals surface area contributed by atoms with E-state index in [1.165, 1.54) is 172 Å². The van der Waals surface area contributed by atoms with Gasteiger partial charge >= 0.3 is 0 Å². The van der Waals surface area contributed by atoms with Crippen molar-refractivity contribution in [2.24, 2.45) is 28.2 Å². The number of fused-ring (bicyclic) bond motifs is 4. The van der Waals surface area contributed by atoms with Gasteiger partial charge in [-0.15, -0.1) is 0 Å². The Morgan fingerprint density at radius 2 is 0.565 bits per heavy atom. The van der Waals surface area contributed by atoms with Crippen molar-refractivity contribution in [3.63, 3.8) is 0 Å². The van der Waals surface area contributed by atoms with Gasteiger partial charge in [-0.05, 0) is 218 Å². The Bertz CT molecular complexity index is 5900. The van der Waals surface area contributed by atoms with Crippen LogP contribution in [0, 0.1) is 90.0 Å². The summed E-state index contributed by atoms with van der Waals surface area (Å²) in [4.78, 5) is 31.0. The predicted octanol–water partition coefficient (Wildman–Crippen LogP) is 20.9. The van der Waals surface area contributed by atoms with Crippen molar-refractivity contribution >= 4 is 43.1 Å². The van der Waals surface area contributed by atoms with Gasteiger partial charge in [0.1, 0.15) is 40.8 Å². The Morgan fingerprint density at radius 1 is 0.269 bits per heavy atom. The molecule has 11 heteroatoms. The van der Waals surface area contributed by atoms with Crippen molar-refractivity contribution in [1.29, 1.82) is 0 Å². The molecule has 0 aliphatic rings. The Balaban J connectivity index is 0.000000127. The lowest BCUT2D eigenvalue weighted by Crippen LogP contribution is -2.31. The Kier molecular flexibility index (Phi) is 21.6. The molecule has 0 saturated carbocycles. The minimum Gasteiger partial charge on any atom is -0.256 e. The fraction of sp³-hybridized carbons (Fsp3) is 0.206. The van der Waals surface area contributed by atoms with Crippen LogP contribution in [0.25, 0.3) is 133 Å². The fourth-order valence-electron chi connectivity index (χ4n) is 15.4. The Labute approximate surface area is 636 Å². The summed E-state index contributed by atoms with van der Waals surface area (Å²) in [5, 5.41) is 9.72. The van der Waals surface area contributed by atoms with Crippen molar-refractivity contribution in [1.82, 2.24) is 34.9 Å². The zero-order valence-corrected chi connectivity index (χ0v) is 66.0. The number of pyridine rings is 6. The van der Waals surface area contributed by atoms with E-state index in [0.29, 0.717) is 11.7 Å². The van der Waals surface area contributed by atoms with E-state index < -0.39 is 0 Å². The average Bonchev–Trinajstić information content (AvgIpc) is 0.772. The third-order valence-corrected chi connectivity index (χ3v) is 21.3. The standard InChI is InChI=1S/C27H29N2.C25H25N2.C23H22N3.C22H21N4/c1-17(2)21-11-12-26(28-15-21)25-16-29(6)27(23-10-8-7-9-22(23)25)24-14-18(3)13-19(4)20(24)5;1-16-10-11-24(26-14-16)23-15-27(5)25(21-9-7-6-8-20(21)23)22-13-17(2)12-18(3)19(22)4;1-15-12-16(2)17(3)20(13-15)22-19-9-6-5-8-18(19)21(14-26(22)4)23-24-10-7-11-25-23;1-14-9-15(2)16(3)19(10-14)21-18-8-6-5-7-17(18)20(11-26(21)4)22-24-12-23-13-25-22/h7-17H,1-6H3;6-15H,1-5H3;5-14H,1-4H3;5-13H,1-4H3/q4*+1. The van der Waals surface area contributed by atoms with Gasteiger partial charge in [0, 0.05) is 46.3 Å². The van der Waals surface area contributed by atoms with Gasteiger partial charge in [-0.25, -0.2) is 24.9 Å². The summed E-state index contributed by atoms with van der Waals surface area (Å²) in [6.45, 7) is 32.7. The maximum Gasteiger partial charge on any atom is 0.220 e. The molecule has 0 bridgehead atoms. The first-order valence-electron chi connectivity index (χ1n) is 37.2. The van der Waals surface area contributed by atoms with Crippen LogP contribution in [0.1, 0.15) is 97.7 Å². The molecule has 536 valence electrons. The highest BCUT2D eigenvalue weighted by atomic mass is 15.0. The van der Waals surface area contributed by atoms with Gasteiger partial charge in [0.15, 0.2) is 36.4 Å². The van der Waals surface area contributed by atoms with Crippen LogP contribution in [0.4, 0.5) is 0 Å². The van der Waals surface area contributed by atoms with Gasteiger partial charge < -0.3 is 0 Å². The molecular formula is C97H97N11+4. The normalized spacial score (nSPS) is 11.2. The Morgan fingerprint density at radius 3 is 0.870 bits per heavy atom. The van der Waals surface area contributed by atoms with E-state index in [0.717, 1.165) is 33.7 Å². The average molecular weight is 1420 g/mol. The number of benzene rings is 8. The van der Waals surface area contributed by atoms with Gasteiger partial charge in [0.2, 0.25) is 22.8 Å². The van der Waals surface area contributed by atoms with Crippen LogP contribution in [0.5, 0.6) is 0 Å². The van der Waals surface area contributed by atoms with Gasteiger partial charge in [-0.1, -0.05) is 145 Å². The summed E-state index contributed by atoms with van der Waals surface area (Å²) < 4.78 is 8.90. The van der Waals surface area contributed by atoms with Crippen LogP contribution in [0.3, 0.4) is 0 Å². The van der Waals surface area contributed by atoms with Crippen LogP contribution >= 0.6 is 0 Å². The molecule has 16 rings (SSSR count). The van der Waals surface area contributed by atoms with E-state index >= 15 is 0 Å². The summed E-state index contributed by atoms with van der Waals surface area (Å²) >= 11 is 0. The molecule has 0 amide bonds. The first kappa shape index (κ1) is 74.1. The number of nitrogens with zero attached hydrogens (tertiary/aromatic N) is 11. The SMILES string of the molecule is Cc1cc(C)c(C)c(-c2c3ccccc3c(-c3ccc(C(C)C)cn3)c[n+]2C)c1.Cc1cc(C)c(C)c(-c2c3ccccc3c(-c3ncccn3)c[n+]2C)c1.Cc1cc(C)c(C)c(-c2c3ccccc3c(-c3ncncn3)c[n+]2C)c1.Cc1ccc(-c2c[n+](C)c(-c3cc(C)cc(C)c3C)c3ccccc23)nc1. The number of aromatic nitrogens is 11. The summed E-state index contributed by atoms with van der Waals surface area (Å²) in [6.07, 6.45) is 19.3. The highest BCUT2D eigenvalue weighted by Crippen LogP contribution is 2.40. The smallest absolute Gasteiger partial charge is 0.220 e. The summed E-state index contributed by atoms with van der Waals surface area (Å²) in [7, 11) is 8.47. The van der Waals surface area contributed by atoms with Crippen LogP contribution in [-0.4, -0.2) is 34.9 Å². The highest BCUT2D eigenvalue weighted by molar-refractivity contribution is 6.05. The molecule has 8 aromatic heterocycles. The van der Waals surface area contributed by atoms with E-state index in [4.69, 9.17) is 4.98 Å². The summed E-state index contributed by atoms with van der Waals surface area (Å²) in [5.41, 5.74) is 34.7. The lowest BCUT2D eigenvalue weighted by atomic mass is 9.93. The summed E-state index contributed by atoms with van der Waals surface area (Å²) in [5.74, 6) is 1.93. The molecule has 0 aliphatic carbocycles. The van der Waals surface area contributed by atoms with Crippen LogP contribution in [0.2, 0.25) is 0 Å². The molecule has 108 heavy (non-hydrogen) atoms. The van der Waals surface area contributed by atoms with Gasteiger partial charge in [0.05, 0.1) is 77.4 Å². The predicted molar refractivity (Wildman–Crippen MR) is 444 cm³/mol. The third kappa shape index (κ3) is 15.0. The molecule has 0 saturated heterocycles. The van der Waals surface area contributed by atoms with E-state index in [1.807, 2.05) is 18.5 Å². The molecule has 0 N–H and O–H groups in total. The zero-order valence-electron chi connectivity index (χ0n) is 66.0. The number of hydrogen-bond acceptors (Lipinski definition) is 7. The molecule has 8 aromatic carbocycles. The van der Waals surface area contributed by atoms with Crippen molar-refractivity contribution in [2.45, 2.75) is 110 Å². The maximum absolute atomic E-state index is 4.80. The molecule has 16 aromatic rings. The third-order valence-electron chi connectivity index (χ3n) is 21.3. The van der Waals surface area contributed by atoms with Crippen LogP contribution < -0.4 is 18.3 Å². The molecule has 8 heterocycles. The molecule has 0 spiro atoms. The number of aryl methyl sites for hydroxylation is 13. The second-order valence-corrected chi connectivity index (χ2v) is 29.6. The van der Waals surface area contributed by atoms with Crippen molar-refractivity contribution < 1.29 is 18.3 Å². The topological polar surface area (TPSA) is 106 Å². The number of hydrogen-bond donors (Lipinski definition) is 0. The molecule has 0 atom stereocenters. The summed E-state index contributed by atoms with van der Waals surface area (Å²) in [6, 6.07) is 62.9. The van der Waals surface area contributed by atoms with E-state index in [1.54, 1.807) is 25.0 Å². The highest BCUT2D eigenvalue weighted by Gasteiger charge is 2.28. The molecule has 11 nitrogen and oxygen atoms in total. The molecule has 0 fully saturated rings. The fourth-order valence-corrected chi connectivity index (χ4v) is 15.4. The first-order chi connectivity index (χ1) is 51.9. The lowest BCUT2D eigenvalue weighted by Gasteiger charge is -2.14. The van der Waals surface area contributed by atoms with Gasteiger partial charge in [-0.3, -0.25) is 9.97 Å². The second kappa shape index (κ2) is 31.5. The second-order valence-electron chi connectivity index (χ2n) is 29.6. The van der Waals surface area contributed by atoms with Crippen LogP contribution in [0.15, 0.2) is 238 Å². The van der Waals surface area contributed by atoms with E-state index in [9.17, 15) is 0 Å². The molecule has 0 unspecified atom stereocenters. The largest absolute Gasteiger partial charge is 0.256 e. The maximum atomic E-state index is 4.80. The van der Waals surface area contributed by atoms with Crippen molar-refractivity contribution in [2.75, 3.05) is 0 Å². The van der Waals surface area contributed by atoms with Gasteiger partial charge in [-0.2, -0.15) is 18.3 Å². The van der Waals surface area contributed by atoms with Crippen LogP contribution in [-0.2, 0) is 28.2 Å². The van der Waals surface area contributed by atoms with Gasteiger partial charge in [0.25, 0.3) is 0 Å². The van der Waals surface area contributed by atoms with E-state index in [2.05, 4.69) is 375 Å². The molecular weight excluding hydrogens is 1320 g/mol. The monoisotopic (exact) mass is 1420 g/mol. The van der Waals surface area contributed by atoms with E-state index in [-0.39, 0.29) is 0 Å². The minimum atomic E-state index is 0.485.